The van der Waals surface area contributed by atoms with Crippen LogP contribution in [0, 0.1) is 5.41 Å². The first-order valence-electron chi connectivity index (χ1n) is 7.00. The van der Waals surface area contributed by atoms with Gasteiger partial charge in [0.25, 0.3) is 5.91 Å². The summed E-state index contributed by atoms with van der Waals surface area (Å²) >= 11 is 6.11. The highest BCUT2D eigenvalue weighted by molar-refractivity contribution is 6.34. The van der Waals surface area contributed by atoms with Crippen LogP contribution >= 0.6 is 11.6 Å². The molecule has 0 spiro atoms. The highest BCUT2D eigenvalue weighted by Crippen LogP contribution is 2.29. The van der Waals surface area contributed by atoms with Gasteiger partial charge < -0.3 is 16.0 Å². The van der Waals surface area contributed by atoms with Crippen molar-refractivity contribution in [1.29, 1.82) is 0 Å². The zero-order chi connectivity index (χ0) is 15.5. The van der Waals surface area contributed by atoms with E-state index in [2.05, 4.69) is 16.0 Å². The summed E-state index contributed by atoms with van der Waals surface area (Å²) in [6.07, 6.45) is 1.80. The predicted molar refractivity (Wildman–Crippen MR) is 83.7 cm³/mol. The minimum absolute atomic E-state index is 0.0781. The molecule has 6 heteroatoms. The Balaban J connectivity index is 2.18. The largest absolute Gasteiger partial charge is 0.355 e. The Morgan fingerprint density at radius 3 is 2.76 bits per heavy atom. The lowest BCUT2D eigenvalue weighted by atomic mass is 9.82. The molecule has 3 N–H and O–H groups in total. The van der Waals surface area contributed by atoms with Crippen LogP contribution in [0.2, 0.25) is 5.02 Å². The molecule has 1 fully saturated rings. The molecule has 1 unspecified atom stereocenters. The van der Waals surface area contributed by atoms with Gasteiger partial charge in [0, 0.05) is 19.2 Å². The van der Waals surface area contributed by atoms with Crippen molar-refractivity contribution in [3.8, 4) is 0 Å². The molecule has 2 rings (SSSR count). The first kappa shape index (κ1) is 15.8. The van der Waals surface area contributed by atoms with Crippen LogP contribution in [0.25, 0.3) is 0 Å². The van der Waals surface area contributed by atoms with E-state index < -0.39 is 5.41 Å². The lowest BCUT2D eigenvalue weighted by Gasteiger charge is -2.32. The number of amides is 2. The molecular weight excluding hydrogens is 290 g/mol. The second-order valence-electron chi connectivity index (χ2n) is 5.57. The Hall–Kier alpha value is -1.59. The van der Waals surface area contributed by atoms with Crippen LogP contribution in [0.15, 0.2) is 18.2 Å². The van der Waals surface area contributed by atoms with Crippen molar-refractivity contribution in [3.05, 3.63) is 28.8 Å². The van der Waals surface area contributed by atoms with Crippen molar-refractivity contribution >= 4 is 29.1 Å². The average molecular weight is 310 g/mol. The number of hydrogen-bond donors (Lipinski definition) is 3. The molecule has 0 saturated carbocycles. The Kier molecular flexibility index (Phi) is 4.85. The third-order valence-electron chi connectivity index (χ3n) is 3.85. The fraction of sp³-hybridized carbons (Fsp3) is 0.467. The molecule has 1 aromatic rings. The van der Waals surface area contributed by atoms with Gasteiger partial charge >= 0.3 is 0 Å². The molecule has 114 valence electrons. The number of carbonyl (C=O) groups excluding carboxylic acids is 2. The molecule has 21 heavy (non-hydrogen) atoms. The third-order valence-corrected chi connectivity index (χ3v) is 4.18. The van der Waals surface area contributed by atoms with E-state index in [9.17, 15) is 9.59 Å². The van der Waals surface area contributed by atoms with Crippen LogP contribution < -0.4 is 16.0 Å². The van der Waals surface area contributed by atoms with Gasteiger partial charge in [0.05, 0.1) is 16.1 Å². The zero-order valence-electron chi connectivity index (χ0n) is 12.3. The number of hydrogen-bond acceptors (Lipinski definition) is 3. The predicted octanol–water partition coefficient (Wildman–Crippen LogP) is 2.03. The summed E-state index contributed by atoms with van der Waals surface area (Å²) in [6.45, 7) is 3.52. The van der Waals surface area contributed by atoms with Crippen LogP contribution in [0.1, 0.15) is 30.1 Å². The summed E-state index contributed by atoms with van der Waals surface area (Å²) in [5.74, 6) is -0.293. The molecular formula is C15H20ClN3O2. The lowest BCUT2D eigenvalue weighted by Crippen LogP contribution is -2.46. The summed E-state index contributed by atoms with van der Waals surface area (Å²) < 4.78 is 0. The number of nitrogens with one attached hydrogen (secondary N) is 3. The molecule has 1 atom stereocenters. The van der Waals surface area contributed by atoms with Crippen LogP contribution in [-0.4, -0.2) is 32.0 Å². The standard InChI is InChI=1S/C15H20ClN3O2/c1-15(6-3-7-18-9-15)14(21)19-12-8-10(13(20)17-2)4-5-11(12)16/h4-5,8,18H,3,6-7,9H2,1-2H3,(H,17,20)(H,19,21). The summed E-state index contributed by atoms with van der Waals surface area (Å²) in [5, 5.41) is 9.05. The third kappa shape index (κ3) is 3.54. The van der Waals surface area contributed by atoms with Crippen LogP contribution in [0.4, 0.5) is 5.69 Å². The maximum atomic E-state index is 12.5. The molecule has 1 heterocycles. The Labute approximate surface area is 129 Å². The molecule has 0 bridgehead atoms. The van der Waals surface area contributed by atoms with Crippen molar-refractivity contribution in [1.82, 2.24) is 10.6 Å². The van der Waals surface area contributed by atoms with Crippen LogP contribution in [0.5, 0.6) is 0 Å². The van der Waals surface area contributed by atoms with Crippen molar-refractivity contribution in [2.24, 2.45) is 5.41 Å². The van der Waals surface area contributed by atoms with Crippen molar-refractivity contribution in [2.45, 2.75) is 19.8 Å². The minimum Gasteiger partial charge on any atom is -0.355 e. The van der Waals surface area contributed by atoms with Crippen molar-refractivity contribution in [3.63, 3.8) is 0 Å². The molecule has 1 aromatic carbocycles. The van der Waals surface area contributed by atoms with Gasteiger partial charge in [-0.2, -0.15) is 0 Å². The highest BCUT2D eigenvalue weighted by Gasteiger charge is 2.34. The van der Waals surface area contributed by atoms with Crippen LogP contribution in [0.3, 0.4) is 0 Å². The maximum Gasteiger partial charge on any atom is 0.251 e. The van der Waals surface area contributed by atoms with E-state index >= 15 is 0 Å². The first-order chi connectivity index (χ1) is 9.96. The topological polar surface area (TPSA) is 70.2 Å². The summed E-state index contributed by atoms with van der Waals surface area (Å²) in [6, 6.07) is 4.84. The Bertz CT molecular complexity index is 554. The molecule has 5 nitrogen and oxygen atoms in total. The second kappa shape index (κ2) is 6.45. The SMILES string of the molecule is CNC(=O)c1ccc(Cl)c(NC(=O)C2(C)CCCNC2)c1. The van der Waals surface area contributed by atoms with Crippen molar-refractivity contribution < 1.29 is 9.59 Å². The summed E-state index contributed by atoms with van der Waals surface area (Å²) in [5.41, 5.74) is 0.476. The number of piperidine rings is 1. The second-order valence-corrected chi connectivity index (χ2v) is 5.98. The normalized spacial score (nSPS) is 21.7. The zero-order valence-corrected chi connectivity index (χ0v) is 13.0. The quantitative estimate of drug-likeness (QED) is 0.800. The molecule has 1 aliphatic heterocycles. The van der Waals surface area contributed by atoms with Gasteiger partial charge in [-0.25, -0.2) is 0 Å². The lowest BCUT2D eigenvalue weighted by molar-refractivity contribution is -0.125. The van der Waals surface area contributed by atoms with Crippen LogP contribution in [-0.2, 0) is 4.79 Å². The van der Waals surface area contributed by atoms with E-state index in [4.69, 9.17) is 11.6 Å². The summed E-state index contributed by atoms with van der Waals surface area (Å²) in [4.78, 5) is 24.1. The van der Waals surface area contributed by atoms with Gasteiger partial charge in [-0.05, 0) is 44.5 Å². The number of rotatable bonds is 3. The van der Waals surface area contributed by atoms with E-state index in [1.165, 1.54) is 0 Å². The Morgan fingerprint density at radius 1 is 1.38 bits per heavy atom. The summed E-state index contributed by atoms with van der Waals surface area (Å²) in [7, 11) is 1.56. The highest BCUT2D eigenvalue weighted by atomic mass is 35.5. The average Bonchev–Trinajstić information content (AvgIpc) is 2.49. The first-order valence-corrected chi connectivity index (χ1v) is 7.38. The molecule has 2 amide bonds. The molecule has 0 aromatic heterocycles. The maximum absolute atomic E-state index is 12.5. The van der Waals surface area contributed by atoms with Gasteiger partial charge in [0.1, 0.15) is 0 Å². The van der Waals surface area contributed by atoms with E-state index in [0.29, 0.717) is 22.8 Å². The fourth-order valence-electron chi connectivity index (χ4n) is 2.43. The Morgan fingerprint density at radius 2 is 2.14 bits per heavy atom. The van der Waals surface area contributed by atoms with Gasteiger partial charge in [0.2, 0.25) is 5.91 Å². The van der Waals surface area contributed by atoms with E-state index in [1.54, 1.807) is 25.2 Å². The number of carbonyl (C=O) groups is 2. The molecule has 0 aliphatic carbocycles. The van der Waals surface area contributed by atoms with E-state index in [-0.39, 0.29) is 11.8 Å². The van der Waals surface area contributed by atoms with Gasteiger partial charge in [0.15, 0.2) is 0 Å². The molecule has 1 aliphatic rings. The number of anilines is 1. The fourth-order valence-corrected chi connectivity index (χ4v) is 2.59. The molecule has 0 radical (unpaired) electrons. The van der Waals surface area contributed by atoms with Gasteiger partial charge in [-0.1, -0.05) is 11.6 Å². The number of benzene rings is 1. The van der Waals surface area contributed by atoms with Gasteiger partial charge in [-0.15, -0.1) is 0 Å². The van der Waals surface area contributed by atoms with E-state index in [1.807, 2.05) is 6.92 Å². The number of halogens is 1. The van der Waals surface area contributed by atoms with E-state index in [0.717, 1.165) is 19.4 Å². The minimum atomic E-state index is -0.454. The van der Waals surface area contributed by atoms with Gasteiger partial charge in [-0.3, -0.25) is 9.59 Å². The monoisotopic (exact) mass is 309 g/mol. The molecule has 1 saturated heterocycles. The smallest absolute Gasteiger partial charge is 0.251 e. The van der Waals surface area contributed by atoms with Crippen molar-refractivity contribution in [2.75, 3.05) is 25.5 Å².